The number of nitrogens with zero attached hydrogens (tertiary/aromatic N) is 3. The van der Waals surface area contributed by atoms with Gasteiger partial charge in [0, 0.05) is 13.7 Å². The monoisotopic (exact) mass is 375 g/mol. The summed E-state index contributed by atoms with van der Waals surface area (Å²) in [6.07, 6.45) is 2.78. The first-order valence-corrected chi connectivity index (χ1v) is 9.14. The van der Waals surface area contributed by atoms with Gasteiger partial charge in [-0.2, -0.15) is 4.98 Å². The summed E-state index contributed by atoms with van der Waals surface area (Å²) in [5.41, 5.74) is 0. The smallest absolute Gasteiger partial charge is 0.261 e. The molecule has 2 aromatic rings. The normalized spacial score (nSPS) is 17.1. The average Bonchev–Trinajstić information content (AvgIpc) is 3.19. The summed E-state index contributed by atoms with van der Waals surface area (Å²) < 4.78 is 21.2. The molecule has 0 radical (unpaired) electrons. The predicted octanol–water partition coefficient (Wildman–Crippen LogP) is 2.37. The maximum absolute atomic E-state index is 12.7. The Kier molecular flexibility index (Phi) is 7.18. The van der Waals surface area contributed by atoms with Crippen LogP contribution in [-0.2, 0) is 20.9 Å². The van der Waals surface area contributed by atoms with E-state index in [9.17, 15) is 4.79 Å². The van der Waals surface area contributed by atoms with E-state index >= 15 is 0 Å². The van der Waals surface area contributed by atoms with Crippen LogP contribution in [-0.4, -0.2) is 54.4 Å². The van der Waals surface area contributed by atoms with E-state index in [1.807, 2.05) is 30.3 Å². The van der Waals surface area contributed by atoms with Crippen molar-refractivity contribution in [2.75, 3.05) is 33.5 Å². The molecule has 0 aliphatic carbocycles. The third-order valence-electron chi connectivity index (χ3n) is 4.37. The van der Waals surface area contributed by atoms with Crippen LogP contribution in [0.5, 0.6) is 5.75 Å². The zero-order valence-electron chi connectivity index (χ0n) is 15.5. The summed E-state index contributed by atoms with van der Waals surface area (Å²) in [5, 5.41) is 4.06. The van der Waals surface area contributed by atoms with Crippen LogP contribution < -0.4 is 4.74 Å². The summed E-state index contributed by atoms with van der Waals surface area (Å²) in [6.45, 7) is 1.85. The number of likely N-dealkylation sites (tertiary alicyclic amines) is 1. The summed E-state index contributed by atoms with van der Waals surface area (Å²) >= 11 is 0. The van der Waals surface area contributed by atoms with Crippen LogP contribution in [0.15, 0.2) is 34.9 Å². The van der Waals surface area contributed by atoms with E-state index in [4.69, 9.17) is 18.7 Å². The van der Waals surface area contributed by atoms with Crippen LogP contribution in [0.1, 0.15) is 37.0 Å². The molecule has 3 rings (SSSR count). The molecule has 0 spiro atoms. The standard InChI is InChI=1S/C19H25N3O5/c1-24-11-12-25-13-17-20-19(21-27-17)16-9-5-6-10-22(16)18(23)14-26-15-7-3-2-4-8-15/h2-4,7-8,16H,5-6,9-14H2,1H3. The Morgan fingerprint density at radius 2 is 2.11 bits per heavy atom. The Labute approximate surface area is 158 Å². The maximum Gasteiger partial charge on any atom is 0.261 e. The van der Waals surface area contributed by atoms with Crippen molar-refractivity contribution in [1.82, 2.24) is 15.0 Å². The lowest BCUT2D eigenvalue weighted by atomic mass is 10.0. The van der Waals surface area contributed by atoms with Crippen molar-refractivity contribution < 1.29 is 23.5 Å². The fraction of sp³-hybridized carbons (Fsp3) is 0.526. The fourth-order valence-corrected chi connectivity index (χ4v) is 3.01. The number of hydrogen-bond acceptors (Lipinski definition) is 7. The van der Waals surface area contributed by atoms with Crippen molar-refractivity contribution in [3.05, 3.63) is 42.0 Å². The molecule has 1 saturated heterocycles. The van der Waals surface area contributed by atoms with Gasteiger partial charge >= 0.3 is 0 Å². The van der Waals surface area contributed by atoms with E-state index in [0.29, 0.717) is 37.2 Å². The maximum atomic E-state index is 12.7. The van der Waals surface area contributed by atoms with Crippen LogP contribution in [0.4, 0.5) is 0 Å². The highest BCUT2D eigenvalue weighted by atomic mass is 16.5. The second-order valence-electron chi connectivity index (χ2n) is 6.29. The number of carbonyl (C=O) groups is 1. The van der Waals surface area contributed by atoms with Crippen LogP contribution in [0.3, 0.4) is 0 Å². The van der Waals surface area contributed by atoms with Crippen molar-refractivity contribution in [2.45, 2.75) is 31.9 Å². The van der Waals surface area contributed by atoms with Gasteiger partial charge in [0.15, 0.2) is 12.4 Å². The highest BCUT2D eigenvalue weighted by Crippen LogP contribution is 2.29. The van der Waals surface area contributed by atoms with Gasteiger partial charge in [0.2, 0.25) is 0 Å². The highest BCUT2D eigenvalue weighted by Gasteiger charge is 2.31. The van der Waals surface area contributed by atoms with E-state index in [1.54, 1.807) is 12.0 Å². The molecule has 1 aromatic heterocycles. The van der Waals surface area contributed by atoms with Crippen LogP contribution >= 0.6 is 0 Å². The molecule has 8 nitrogen and oxygen atoms in total. The van der Waals surface area contributed by atoms with Crippen molar-refractivity contribution in [1.29, 1.82) is 0 Å². The largest absolute Gasteiger partial charge is 0.484 e. The highest BCUT2D eigenvalue weighted by molar-refractivity contribution is 5.78. The van der Waals surface area contributed by atoms with Crippen LogP contribution in [0, 0.1) is 0 Å². The Morgan fingerprint density at radius 3 is 2.93 bits per heavy atom. The molecule has 1 fully saturated rings. The van der Waals surface area contributed by atoms with Gasteiger partial charge in [-0.15, -0.1) is 0 Å². The number of ether oxygens (including phenoxy) is 3. The zero-order valence-corrected chi connectivity index (χ0v) is 15.5. The molecule has 1 aromatic carbocycles. The molecule has 0 saturated carbocycles. The number of rotatable bonds is 9. The van der Waals surface area contributed by atoms with E-state index in [-0.39, 0.29) is 25.2 Å². The van der Waals surface area contributed by atoms with Crippen molar-refractivity contribution in [2.24, 2.45) is 0 Å². The molecule has 0 bridgehead atoms. The molecular weight excluding hydrogens is 350 g/mol. The zero-order chi connectivity index (χ0) is 18.9. The predicted molar refractivity (Wildman–Crippen MR) is 96.1 cm³/mol. The van der Waals surface area contributed by atoms with E-state index in [1.165, 1.54) is 0 Å². The molecule has 1 aliphatic rings. The summed E-state index contributed by atoms with van der Waals surface area (Å²) in [5.74, 6) is 1.52. The van der Waals surface area contributed by atoms with Gasteiger partial charge in [0.25, 0.3) is 11.8 Å². The van der Waals surface area contributed by atoms with Crippen LogP contribution in [0.25, 0.3) is 0 Å². The third-order valence-corrected chi connectivity index (χ3v) is 4.37. The summed E-state index contributed by atoms with van der Waals surface area (Å²) in [6, 6.07) is 9.12. The molecule has 1 aliphatic heterocycles. The number of benzene rings is 1. The Bertz CT molecular complexity index is 706. The van der Waals surface area contributed by atoms with Gasteiger partial charge in [-0.3, -0.25) is 4.79 Å². The lowest BCUT2D eigenvalue weighted by molar-refractivity contribution is -0.137. The molecule has 1 amide bonds. The number of piperidine rings is 1. The number of aromatic nitrogens is 2. The Hall–Kier alpha value is -2.45. The quantitative estimate of drug-likeness (QED) is 0.622. The molecule has 1 atom stereocenters. The second kappa shape index (κ2) is 10.0. The molecule has 27 heavy (non-hydrogen) atoms. The molecule has 1 unspecified atom stereocenters. The van der Waals surface area contributed by atoms with Crippen molar-refractivity contribution in [3.63, 3.8) is 0 Å². The minimum Gasteiger partial charge on any atom is -0.484 e. The number of hydrogen-bond donors (Lipinski definition) is 0. The average molecular weight is 375 g/mol. The van der Waals surface area contributed by atoms with E-state index < -0.39 is 0 Å². The number of methoxy groups -OCH3 is 1. The summed E-state index contributed by atoms with van der Waals surface area (Å²) in [7, 11) is 1.62. The van der Waals surface area contributed by atoms with E-state index in [0.717, 1.165) is 19.3 Å². The first kappa shape index (κ1) is 19.3. The van der Waals surface area contributed by atoms with Gasteiger partial charge in [0.05, 0.1) is 19.3 Å². The van der Waals surface area contributed by atoms with Crippen molar-refractivity contribution in [3.8, 4) is 5.75 Å². The summed E-state index contributed by atoms with van der Waals surface area (Å²) in [4.78, 5) is 18.9. The number of para-hydroxylation sites is 1. The fourth-order valence-electron chi connectivity index (χ4n) is 3.01. The van der Waals surface area contributed by atoms with Gasteiger partial charge in [-0.1, -0.05) is 23.4 Å². The SMILES string of the molecule is COCCOCc1nc(C2CCCCN2C(=O)COc2ccccc2)no1. The first-order chi connectivity index (χ1) is 13.3. The third kappa shape index (κ3) is 5.51. The van der Waals surface area contributed by atoms with E-state index in [2.05, 4.69) is 10.1 Å². The molecule has 146 valence electrons. The van der Waals surface area contributed by atoms with Gasteiger partial charge in [-0.25, -0.2) is 0 Å². The second-order valence-corrected chi connectivity index (χ2v) is 6.29. The molecule has 8 heteroatoms. The minimum absolute atomic E-state index is 0.00858. The van der Waals surface area contributed by atoms with Crippen molar-refractivity contribution >= 4 is 5.91 Å². The number of amides is 1. The number of carbonyl (C=O) groups excluding carboxylic acids is 1. The minimum atomic E-state index is -0.193. The topological polar surface area (TPSA) is 86.9 Å². The van der Waals surface area contributed by atoms with Gasteiger partial charge in [0.1, 0.15) is 12.4 Å². The van der Waals surface area contributed by atoms with Gasteiger partial charge in [-0.05, 0) is 31.4 Å². The van der Waals surface area contributed by atoms with Gasteiger partial charge < -0.3 is 23.6 Å². The lowest BCUT2D eigenvalue weighted by Crippen LogP contribution is -2.41. The Balaban J connectivity index is 1.58. The molecular formula is C19H25N3O5. The molecule has 0 N–H and O–H groups in total. The Morgan fingerprint density at radius 1 is 1.26 bits per heavy atom. The van der Waals surface area contributed by atoms with Crippen LogP contribution in [0.2, 0.25) is 0 Å². The molecule has 2 heterocycles. The first-order valence-electron chi connectivity index (χ1n) is 9.14. The lowest BCUT2D eigenvalue weighted by Gasteiger charge is -2.33.